The number of thioether (sulfide) groups is 1. The SMILES string of the molecule is Nc1nc(C2CSCCO2)nc2c1CCCCC2. The molecule has 0 saturated carbocycles. The van der Waals surface area contributed by atoms with Crippen molar-refractivity contribution >= 4 is 17.6 Å². The van der Waals surface area contributed by atoms with Crippen LogP contribution in [0.5, 0.6) is 0 Å². The van der Waals surface area contributed by atoms with E-state index >= 15 is 0 Å². The van der Waals surface area contributed by atoms with Gasteiger partial charge >= 0.3 is 0 Å². The lowest BCUT2D eigenvalue weighted by Gasteiger charge is -2.22. The van der Waals surface area contributed by atoms with Crippen molar-refractivity contribution in [2.24, 2.45) is 0 Å². The van der Waals surface area contributed by atoms with E-state index in [0.717, 1.165) is 42.5 Å². The monoisotopic (exact) mass is 265 g/mol. The van der Waals surface area contributed by atoms with Crippen LogP contribution >= 0.6 is 11.8 Å². The molecule has 18 heavy (non-hydrogen) atoms. The van der Waals surface area contributed by atoms with Gasteiger partial charge in [0.25, 0.3) is 0 Å². The van der Waals surface area contributed by atoms with Crippen molar-refractivity contribution < 1.29 is 4.74 Å². The van der Waals surface area contributed by atoms with Crippen LogP contribution in [-0.2, 0) is 17.6 Å². The van der Waals surface area contributed by atoms with Crippen LogP contribution in [0, 0.1) is 0 Å². The fourth-order valence-electron chi connectivity index (χ4n) is 2.60. The predicted octanol–water partition coefficient (Wildman–Crippen LogP) is 2.13. The van der Waals surface area contributed by atoms with Crippen LogP contribution in [0.3, 0.4) is 0 Å². The predicted molar refractivity (Wildman–Crippen MR) is 73.7 cm³/mol. The van der Waals surface area contributed by atoms with E-state index in [1.165, 1.54) is 24.8 Å². The molecule has 0 bridgehead atoms. The number of ether oxygens (including phenoxy) is 1. The van der Waals surface area contributed by atoms with Gasteiger partial charge in [-0.15, -0.1) is 0 Å². The first-order chi connectivity index (χ1) is 8.84. The zero-order chi connectivity index (χ0) is 12.4. The number of rotatable bonds is 1. The second-order valence-corrected chi connectivity index (χ2v) is 6.04. The molecule has 3 rings (SSSR count). The number of aryl methyl sites for hydroxylation is 1. The van der Waals surface area contributed by atoms with Crippen molar-refractivity contribution in [3.8, 4) is 0 Å². The Morgan fingerprint density at radius 3 is 2.89 bits per heavy atom. The molecule has 1 aliphatic heterocycles. The summed E-state index contributed by atoms with van der Waals surface area (Å²) in [5.41, 5.74) is 8.45. The van der Waals surface area contributed by atoms with Crippen LogP contribution < -0.4 is 5.73 Å². The Labute approximate surface area is 112 Å². The van der Waals surface area contributed by atoms with E-state index in [1.807, 2.05) is 11.8 Å². The number of nitrogens with zero attached hydrogens (tertiary/aromatic N) is 2. The minimum absolute atomic E-state index is 0.0274. The van der Waals surface area contributed by atoms with Crippen LogP contribution in [0.15, 0.2) is 0 Å². The number of hydrogen-bond acceptors (Lipinski definition) is 5. The first-order valence-electron chi connectivity index (χ1n) is 6.69. The van der Waals surface area contributed by atoms with Gasteiger partial charge in [-0.25, -0.2) is 9.97 Å². The number of aromatic nitrogens is 2. The molecule has 4 nitrogen and oxygen atoms in total. The molecule has 2 aliphatic rings. The molecule has 0 aromatic carbocycles. The summed E-state index contributed by atoms with van der Waals surface area (Å²) in [4.78, 5) is 9.21. The first kappa shape index (κ1) is 12.2. The third-order valence-corrected chi connectivity index (χ3v) is 4.58. The van der Waals surface area contributed by atoms with Crippen LogP contribution in [0.2, 0.25) is 0 Å². The van der Waals surface area contributed by atoms with Crippen molar-refractivity contribution in [3.05, 3.63) is 17.1 Å². The minimum Gasteiger partial charge on any atom is -0.383 e. The summed E-state index contributed by atoms with van der Waals surface area (Å²) >= 11 is 1.90. The van der Waals surface area contributed by atoms with Crippen LogP contribution in [-0.4, -0.2) is 28.1 Å². The second-order valence-electron chi connectivity index (χ2n) is 4.89. The topological polar surface area (TPSA) is 61.0 Å². The molecule has 0 spiro atoms. The van der Waals surface area contributed by atoms with Gasteiger partial charge in [0.05, 0.1) is 6.61 Å². The molecule has 1 aromatic rings. The summed E-state index contributed by atoms with van der Waals surface area (Å²) in [5, 5.41) is 0. The molecule has 2 heterocycles. The largest absolute Gasteiger partial charge is 0.383 e. The standard InChI is InChI=1S/C13H19N3OS/c14-12-9-4-2-1-3-5-10(9)15-13(16-12)11-8-18-7-6-17-11/h11H,1-8H2,(H2,14,15,16). The van der Waals surface area contributed by atoms with E-state index in [1.54, 1.807) is 0 Å². The Hall–Kier alpha value is -0.810. The third-order valence-electron chi connectivity index (χ3n) is 3.59. The van der Waals surface area contributed by atoms with Gasteiger partial charge in [0, 0.05) is 22.8 Å². The summed E-state index contributed by atoms with van der Waals surface area (Å²) in [6.07, 6.45) is 5.77. The maximum Gasteiger partial charge on any atom is 0.160 e. The van der Waals surface area contributed by atoms with E-state index in [2.05, 4.69) is 4.98 Å². The Morgan fingerprint density at radius 2 is 2.06 bits per heavy atom. The summed E-state index contributed by atoms with van der Waals surface area (Å²) in [7, 11) is 0. The summed E-state index contributed by atoms with van der Waals surface area (Å²) in [6, 6.07) is 0. The lowest BCUT2D eigenvalue weighted by molar-refractivity contribution is 0.0693. The maximum atomic E-state index is 6.10. The summed E-state index contributed by atoms with van der Waals surface area (Å²) in [6.45, 7) is 0.787. The normalized spacial score (nSPS) is 24.3. The van der Waals surface area contributed by atoms with Gasteiger partial charge in [-0.2, -0.15) is 11.8 Å². The molecule has 1 aromatic heterocycles. The molecular weight excluding hydrogens is 246 g/mol. The Kier molecular flexibility index (Phi) is 3.70. The molecule has 98 valence electrons. The van der Waals surface area contributed by atoms with Crippen molar-refractivity contribution in [3.63, 3.8) is 0 Å². The molecular formula is C13H19N3OS. The average molecular weight is 265 g/mol. The average Bonchev–Trinajstić information content (AvgIpc) is 2.65. The number of nitrogen functional groups attached to an aromatic ring is 1. The number of anilines is 1. The van der Waals surface area contributed by atoms with E-state index in [0.29, 0.717) is 5.82 Å². The highest BCUT2D eigenvalue weighted by atomic mass is 32.2. The Morgan fingerprint density at radius 1 is 1.17 bits per heavy atom. The van der Waals surface area contributed by atoms with Gasteiger partial charge in [-0.3, -0.25) is 0 Å². The molecule has 1 fully saturated rings. The van der Waals surface area contributed by atoms with Gasteiger partial charge < -0.3 is 10.5 Å². The highest BCUT2D eigenvalue weighted by molar-refractivity contribution is 7.99. The Bertz CT molecular complexity index is 432. The van der Waals surface area contributed by atoms with Crippen molar-refractivity contribution in [1.82, 2.24) is 9.97 Å². The van der Waals surface area contributed by atoms with Crippen LogP contribution in [0.1, 0.15) is 42.4 Å². The molecule has 1 aliphatic carbocycles. The van der Waals surface area contributed by atoms with Gasteiger partial charge in [0.2, 0.25) is 0 Å². The van der Waals surface area contributed by atoms with Crippen molar-refractivity contribution in [1.29, 1.82) is 0 Å². The molecule has 0 radical (unpaired) electrons. The Balaban J connectivity index is 1.91. The van der Waals surface area contributed by atoms with Gasteiger partial charge in [0.1, 0.15) is 11.9 Å². The zero-order valence-corrected chi connectivity index (χ0v) is 11.3. The van der Waals surface area contributed by atoms with Crippen LogP contribution in [0.4, 0.5) is 5.82 Å². The second kappa shape index (κ2) is 5.45. The number of hydrogen-bond donors (Lipinski definition) is 1. The van der Waals surface area contributed by atoms with E-state index in [4.69, 9.17) is 15.5 Å². The fraction of sp³-hybridized carbons (Fsp3) is 0.692. The minimum atomic E-state index is 0.0274. The lowest BCUT2D eigenvalue weighted by Crippen LogP contribution is -2.20. The smallest absolute Gasteiger partial charge is 0.160 e. The number of fused-ring (bicyclic) bond motifs is 1. The van der Waals surface area contributed by atoms with Gasteiger partial charge in [-0.05, 0) is 25.7 Å². The molecule has 1 saturated heterocycles. The zero-order valence-electron chi connectivity index (χ0n) is 10.5. The van der Waals surface area contributed by atoms with E-state index in [9.17, 15) is 0 Å². The maximum absolute atomic E-state index is 6.10. The quantitative estimate of drug-likeness (QED) is 0.788. The summed E-state index contributed by atoms with van der Waals surface area (Å²) in [5.74, 6) is 3.48. The molecule has 1 unspecified atom stereocenters. The number of nitrogens with two attached hydrogens (primary N) is 1. The molecule has 2 N–H and O–H groups in total. The molecule has 1 atom stereocenters. The molecule has 0 amide bonds. The van der Waals surface area contributed by atoms with Crippen LogP contribution in [0.25, 0.3) is 0 Å². The lowest BCUT2D eigenvalue weighted by atomic mass is 10.1. The first-order valence-corrected chi connectivity index (χ1v) is 7.84. The summed E-state index contributed by atoms with van der Waals surface area (Å²) < 4.78 is 5.74. The highest BCUT2D eigenvalue weighted by Gasteiger charge is 2.22. The van der Waals surface area contributed by atoms with Crippen molar-refractivity contribution in [2.75, 3.05) is 23.8 Å². The van der Waals surface area contributed by atoms with E-state index in [-0.39, 0.29) is 6.10 Å². The van der Waals surface area contributed by atoms with E-state index < -0.39 is 0 Å². The third kappa shape index (κ3) is 2.47. The van der Waals surface area contributed by atoms with Crippen molar-refractivity contribution in [2.45, 2.75) is 38.2 Å². The van der Waals surface area contributed by atoms with Gasteiger partial charge in [0.15, 0.2) is 5.82 Å². The molecule has 5 heteroatoms. The fourth-order valence-corrected chi connectivity index (χ4v) is 3.44. The highest BCUT2D eigenvalue weighted by Crippen LogP contribution is 2.28. The van der Waals surface area contributed by atoms with Gasteiger partial charge in [-0.1, -0.05) is 6.42 Å².